The minimum absolute atomic E-state index is 0.158. The van der Waals surface area contributed by atoms with E-state index in [9.17, 15) is 18.0 Å². The molecule has 2 aromatic rings. The van der Waals surface area contributed by atoms with Crippen LogP contribution < -0.4 is 9.62 Å². The predicted octanol–water partition coefficient (Wildman–Crippen LogP) is 3.40. The summed E-state index contributed by atoms with van der Waals surface area (Å²) in [5, 5.41) is 2.87. The first-order valence-electron chi connectivity index (χ1n) is 11.1. The lowest BCUT2D eigenvalue weighted by Crippen LogP contribution is -2.52. The second-order valence-electron chi connectivity index (χ2n) is 8.10. The lowest BCUT2D eigenvalue weighted by Gasteiger charge is -2.32. The van der Waals surface area contributed by atoms with E-state index in [0.29, 0.717) is 12.2 Å². The lowest BCUT2D eigenvalue weighted by atomic mass is 10.1. The molecule has 0 aliphatic carbocycles. The van der Waals surface area contributed by atoms with Crippen LogP contribution in [-0.2, 0) is 26.3 Å². The molecule has 0 bridgehead atoms. The fraction of sp³-hybridized carbons (Fsp3) is 0.417. The zero-order chi connectivity index (χ0) is 25.3. The maximum atomic E-state index is 13.6. The van der Waals surface area contributed by atoms with E-state index in [1.807, 2.05) is 31.2 Å². The van der Waals surface area contributed by atoms with Gasteiger partial charge in [0.25, 0.3) is 0 Å². The Labute approximate surface area is 211 Å². The van der Waals surface area contributed by atoms with Crippen molar-refractivity contribution < 1.29 is 18.0 Å². The molecular weight excluding hydrogens is 520 g/mol. The number of nitrogens with zero attached hydrogens (tertiary/aromatic N) is 3. The number of hydrogen-bond donors (Lipinski definition) is 1. The van der Waals surface area contributed by atoms with Crippen LogP contribution in [0.2, 0.25) is 0 Å². The fourth-order valence-corrected chi connectivity index (χ4v) is 4.76. The first-order chi connectivity index (χ1) is 16.1. The van der Waals surface area contributed by atoms with Gasteiger partial charge >= 0.3 is 10.2 Å². The molecule has 0 aromatic heterocycles. The van der Waals surface area contributed by atoms with Crippen LogP contribution in [0.4, 0.5) is 5.69 Å². The normalized spacial score (nSPS) is 12.3. The van der Waals surface area contributed by atoms with Gasteiger partial charge in [0.05, 0.1) is 5.69 Å². The van der Waals surface area contributed by atoms with Crippen molar-refractivity contribution in [2.24, 2.45) is 0 Å². The number of hydrogen-bond acceptors (Lipinski definition) is 4. The number of nitrogens with one attached hydrogen (secondary N) is 1. The summed E-state index contributed by atoms with van der Waals surface area (Å²) in [5.74, 6) is -0.758. The Balaban J connectivity index is 2.38. The van der Waals surface area contributed by atoms with Crippen LogP contribution in [0.15, 0.2) is 59.1 Å². The first-order valence-corrected chi connectivity index (χ1v) is 13.3. The summed E-state index contributed by atoms with van der Waals surface area (Å²) in [6.45, 7) is 3.92. The summed E-state index contributed by atoms with van der Waals surface area (Å²) in [4.78, 5) is 27.8. The van der Waals surface area contributed by atoms with E-state index >= 15 is 0 Å². The van der Waals surface area contributed by atoms with Crippen molar-refractivity contribution in [1.82, 2.24) is 14.5 Å². The Morgan fingerprint density at radius 2 is 1.74 bits per heavy atom. The summed E-state index contributed by atoms with van der Waals surface area (Å²) in [6, 6.07) is 15.1. The van der Waals surface area contributed by atoms with E-state index < -0.39 is 28.7 Å². The van der Waals surface area contributed by atoms with Crippen molar-refractivity contribution in [1.29, 1.82) is 0 Å². The van der Waals surface area contributed by atoms with E-state index in [1.54, 1.807) is 37.3 Å². The smallest absolute Gasteiger partial charge is 0.304 e. The quantitative estimate of drug-likeness (QED) is 0.408. The second kappa shape index (κ2) is 12.9. The van der Waals surface area contributed by atoms with Crippen molar-refractivity contribution in [3.05, 3.63) is 64.6 Å². The molecule has 1 atom stereocenters. The molecule has 0 saturated heterocycles. The van der Waals surface area contributed by atoms with E-state index in [-0.39, 0.29) is 12.5 Å². The lowest BCUT2D eigenvalue weighted by molar-refractivity contribution is -0.139. The number of rotatable bonds is 12. The predicted molar refractivity (Wildman–Crippen MR) is 138 cm³/mol. The zero-order valence-electron chi connectivity index (χ0n) is 20.1. The molecule has 0 aliphatic heterocycles. The molecule has 2 aromatic carbocycles. The Hall–Kier alpha value is -2.43. The molecule has 0 unspecified atom stereocenters. The second-order valence-corrected chi connectivity index (χ2v) is 11.1. The van der Waals surface area contributed by atoms with E-state index in [2.05, 4.69) is 21.2 Å². The average Bonchev–Trinajstić information content (AvgIpc) is 2.80. The van der Waals surface area contributed by atoms with Crippen molar-refractivity contribution in [2.75, 3.05) is 31.5 Å². The molecule has 10 heteroatoms. The third-order valence-corrected chi connectivity index (χ3v) is 7.61. The number of anilines is 1. The number of para-hydroxylation sites is 1. The van der Waals surface area contributed by atoms with Gasteiger partial charge in [0, 0.05) is 31.7 Å². The van der Waals surface area contributed by atoms with Crippen LogP contribution in [-0.4, -0.2) is 62.7 Å². The number of carbonyl (C=O) groups excluding carboxylic acids is 2. The molecule has 1 N–H and O–H groups in total. The molecule has 0 spiro atoms. The highest BCUT2D eigenvalue weighted by atomic mass is 79.9. The number of benzene rings is 2. The summed E-state index contributed by atoms with van der Waals surface area (Å²) < 4.78 is 29.1. The Morgan fingerprint density at radius 1 is 1.06 bits per heavy atom. The molecule has 0 saturated carbocycles. The molecule has 0 fully saturated rings. The van der Waals surface area contributed by atoms with Gasteiger partial charge in [-0.1, -0.05) is 59.6 Å². The van der Waals surface area contributed by atoms with Crippen LogP contribution in [0, 0.1) is 0 Å². The highest BCUT2D eigenvalue weighted by molar-refractivity contribution is 9.10. The minimum Gasteiger partial charge on any atom is -0.354 e. The van der Waals surface area contributed by atoms with Crippen LogP contribution >= 0.6 is 15.9 Å². The van der Waals surface area contributed by atoms with Gasteiger partial charge in [-0.2, -0.15) is 12.7 Å². The zero-order valence-corrected chi connectivity index (χ0v) is 22.5. The van der Waals surface area contributed by atoms with Crippen LogP contribution in [0.3, 0.4) is 0 Å². The Kier molecular flexibility index (Phi) is 10.5. The van der Waals surface area contributed by atoms with Gasteiger partial charge in [0.1, 0.15) is 12.6 Å². The molecule has 34 heavy (non-hydrogen) atoms. The van der Waals surface area contributed by atoms with Gasteiger partial charge in [0.2, 0.25) is 11.8 Å². The molecule has 0 radical (unpaired) electrons. The summed E-state index contributed by atoms with van der Waals surface area (Å²) in [6.07, 6.45) is 1.77. The maximum Gasteiger partial charge on any atom is 0.304 e. The monoisotopic (exact) mass is 552 g/mol. The molecule has 2 rings (SSSR count). The summed E-state index contributed by atoms with van der Waals surface area (Å²) in [5.41, 5.74) is 1.18. The van der Waals surface area contributed by atoms with Gasteiger partial charge < -0.3 is 10.2 Å². The molecule has 0 heterocycles. The fourth-order valence-electron chi connectivity index (χ4n) is 3.26. The standard InChI is InChI=1S/C24H33BrN4O4S/c1-5-6-15-26-24(31)19(2)28(17-20-11-10-12-21(25)16-20)23(30)18-29(34(32,33)27(3)4)22-13-8-7-9-14-22/h7-14,16,19H,5-6,15,17-18H2,1-4H3,(H,26,31)/t19-/m0/s1. The van der Waals surface area contributed by atoms with Crippen molar-refractivity contribution >= 4 is 43.6 Å². The number of unbranched alkanes of at least 4 members (excludes halogenated alkanes) is 1. The van der Waals surface area contributed by atoms with Crippen molar-refractivity contribution in [3.8, 4) is 0 Å². The van der Waals surface area contributed by atoms with E-state index in [4.69, 9.17) is 0 Å². The number of halogens is 1. The summed E-state index contributed by atoms with van der Waals surface area (Å²) in [7, 11) is -1.12. The molecule has 0 aliphatic rings. The Bertz CT molecular complexity index is 1060. The third kappa shape index (κ3) is 7.54. The largest absolute Gasteiger partial charge is 0.354 e. The average molecular weight is 554 g/mol. The Morgan fingerprint density at radius 3 is 2.32 bits per heavy atom. The summed E-state index contributed by atoms with van der Waals surface area (Å²) >= 11 is 3.43. The molecule has 8 nitrogen and oxygen atoms in total. The maximum absolute atomic E-state index is 13.6. The van der Waals surface area contributed by atoms with Gasteiger partial charge in [-0.25, -0.2) is 4.31 Å². The van der Waals surface area contributed by atoms with E-state index in [1.165, 1.54) is 19.0 Å². The first kappa shape index (κ1) is 27.8. The minimum atomic E-state index is -3.95. The SMILES string of the molecule is CCCCNC(=O)[C@H](C)N(Cc1cccc(Br)c1)C(=O)CN(c1ccccc1)S(=O)(=O)N(C)C. The molecule has 186 valence electrons. The van der Waals surface area contributed by atoms with Gasteiger partial charge in [0.15, 0.2) is 0 Å². The topological polar surface area (TPSA) is 90.0 Å². The van der Waals surface area contributed by atoms with Crippen LogP contribution in [0.5, 0.6) is 0 Å². The van der Waals surface area contributed by atoms with Crippen molar-refractivity contribution in [2.45, 2.75) is 39.3 Å². The van der Waals surface area contributed by atoms with Gasteiger partial charge in [-0.05, 0) is 43.2 Å². The highest BCUT2D eigenvalue weighted by Crippen LogP contribution is 2.21. The number of amides is 2. The third-order valence-electron chi connectivity index (χ3n) is 5.30. The number of carbonyl (C=O) groups is 2. The molecular formula is C24H33BrN4O4S. The van der Waals surface area contributed by atoms with Crippen LogP contribution in [0.1, 0.15) is 32.3 Å². The molecule has 2 amide bonds. The van der Waals surface area contributed by atoms with Crippen LogP contribution in [0.25, 0.3) is 0 Å². The van der Waals surface area contributed by atoms with Crippen molar-refractivity contribution in [3.63, 3.8) is 0 Å². The highest BCUT2D eigenvalue weighted by Gasteiger charge is 2.32. The van der Waals surface area contributed by atoms with E-state index in [0.717, 1.165) is 31.5 Å². The van der Waals surface area contributed by atoms with Gasteiger partial charge in [-0.15, -0.1) is 0 Å². The van der Waals surface area contributed by atoms with Gasteiger partial charge in [-0.3, -0.25) is 9.59 Å².